The number of halogens is 5. The Morgan fingerprint density at radius 1 is 1.35 bits per heavy atom. The number of hydrazine groups is 1. The van der Waals surface area contributed by atoms with Gasteiger partial charge in [-0.1, -0.05) is 17.7 Å². The largest absolute Gasteiger partial charge is 0.443 e. The van der Waals surface area contributed by atoms with E-state index in [1.807, 2.05) is 0 Å². The zero-order valence-corrected chi connectivity index (χ0v) is 11.3. The molecule has 1 heterocycles. The molecule has 0 aliphatic carbocycles. The molecule has 9 heteroatoms. The summed E-state index contributed by atoms with van der Waals surface area (Å²) in [5, 5.41) is -1.11. The summed E-state index contributed by atoms with van der Waals surface area (Å²) < 4.78 is 50.6. The molecule has 2 aromatic rings. The number of hydrogen-bond donors (Lipinski definition) is 2. The molecule has 0 aliphatic heterocycles. The summed E-state index contributed by atoms with van der Waals surface area (Å²) in [7, 11) is 0. The number of rotatable bonds is 3. The normalized spacial score (nSPS) is 13.5. The fraction of sp³-hybridized carbons (Fsp3) is 0.182. The lowest BCUT2D eigenvalue weighted by atomic mass is 10.1. The lowest BCUT2D eigenvalue weighted by Gasteiger charge is -2.14. The van der Waals surface area contributed by atoms with Crippen LogP contribution in [0, 0.1) is 5.82 Å². The summed E-state index contributed by atoms with van der Waals surface area (Å²) in [5.41, 5.74) is 2.81. The molecule has 1 aromatic heterocycles. The Labute approximate surface area is 120 Å². The van der Waals surface area contributed by atoms with Crippen LogP contribution >= 0.6 is 22.9 Å². The highest BCUT2D eigenvalue weighted by Gasteiger charge is 2.35. The quantitative estimate of drug-likeness (QED) is 0.516. The van der Waals surface area contributed by atoms with Crippen molar-refractivity contribution >= 4 is 22.9 Å². The van der Waals surface area contributed by atoms with Gasteiger partial charge in [-0.3, -0.25) is 5.84 Å². The van der Waals surface area contributed by atoms with Crippen molar-refractivity contribution in [2.45, 2.75) is 12.2 Å². The summed E-state index contributed by atoms with van der Waals surface area (Å²) >= 11 is 6.11. The SMILES string of the molecule is NNC(c1ccc(F)c(Cl)c1)c1cnc(C(F)(F)F)s1. The van der Waals surface area contributed by atoms with Gasteiger partial charge in [-0.2, -0.15) is 13.2 Å². The lowest BCUT2D eigenvalue weighted by molar-refractivity contribution is -0.137. The Balaban J connectivity index is 2.37. The van der Waals surface area contributed by atoms with Gasteiger partial charge in [-0.25, -0.2) is 14.8 Å². The predicted octanol–water partition coefficient (Wildman–Crippen LogP) is 3.51. The molecule has 20 heavy (non-hydrogen) atoms. The Morgan fingerprint density at radius 2 is 2.05 bits per heavy atom. The van der Waals surface area contributed by atoms with Crippen molar-refractivity contribution in [1.29, 1.82) is 0 Å². The number of thiazole rings is 1. The zero-order chi connectivity index (χ0) is 14.9. The number of aromatic nitrogens is 1. The van der Waals surface area contributed by atoms with Gasteiger partial charge in [0.15, 0.2) is 5.01 Å². The monoisotopic (exact) mass is 325 g/mol. The third-order valence-electron chi connectivity index (χ3n) is 2.49. The van der Waals surface area contributed by atoms with Gasteiger partial charge in [0.05, 0.1) is 11.1 Å². The van der Waals surface area contributed by atoms with E-state index in [4.69, 9.17) is 17.4 Å². The van der Waals surface area contributed by atoms with E-state index in [0.29, 0.717) is 16.9 Å². The van der Waals surface area contributed by atoms with Crippen molar-refractivity contribution in [3.8, 4) is 0 Å². The van der Waals surface area contributed by atoms with Crippen molar-refractivity contribution in [3.05, 3.63) is 50.7 Å². The maximum atomic E-state index is 13.1. The fourth-order valence-electron chi connectivity index (χ4n) is 1.59. The molecule has 1 aromatic carbocycles. The summed E-state index contributed by atoms with van der Waals surface area (Å²) in [4.78, 5) is 3.57. The van der Waals surface area contributed by atoms with Crippen molar-refractivity contribution in [2.24, 2.45) is 5.84 Å². The number of hydrogen-bond acceptors (Lipinski definition) is 4. The van der Waals surface area contributed by atoms with Gasteiger partial charge in [0, 0.05) is 11.1 Å². The Hall–Kier alpha value is -1.22. The molecule has 0 fully saturated rings. The summed E-state index contributed by atoms with van der Waals surface area (Å²) in [6, 6.07) is 3.06. The number of nitrogens with one attached hydrogen (secondary N) is 1. The second kappa shape index (κ2) is 5.65. The third-order valence-corrected chi connectivity index (χ3v) is 3.89. The van der Waals surface area contributed by atoms with Crippen molar-refractivity contribution < 1.29 is 17.6 Å². The molecule has 0 radical (unpaired) electrons. The molecule has 0 amide bonds. The number of benzene rings is 1. The van der Waals surface area contributed by atoms with Crippen LogP contribution in [0.1, 0.15) is 21.5 Å². The molecular formula is C11H8ClF4N3S. The average Bonchev–Trinajstić information content (AvgIpc) is 2.84. The van der Waals surface area contributed by atoms with E-state index in [2.05, 4.69) is 10.4 Å². The molecule has 2 rings (SSSR count). The smallest absolute Gasteiger partial charge is 0.271 e. The fourth-order valence-corrected chi connectivity index (χ4v) is 2.65. The van der Waals surface area contributed by atoms with Crippen molar-refractivity contribution in [3.63, 3.8) is 0 Å². The van der Waals surface area contributed by atoms with Gasteiger partial charge >= 0.3 is 6.18 Å². The Kier molecular flexibility index (Phi) is 4.28. The molecule has 0 saturated heterocycles. The Morgan fingerprint density at radius 3 is 2.55 bits per heavy atom. The number of nitrogens with two attached hydrogens (primary N) is 1. The highest BCUT2D eigenvalue weighted by Crippen LogP contribution is 2.36. The summed E-state index contributed by atoms with van der Waals surface area (Å²) in [6.07, 6.45) is -3.43. The summed E-state index contributed by atoms with van der Waals surface area (Å²) in [6.45, 7) is 0. The minimum Gasteiger partial charge on any atom is -0.271 e. The van der Waals surface area contributed by atoms with Crippen LogP contribution in [-0.4, -0.2) is 4.98 Å². The minimum atomic E-state index is -4.51. The molecule has 108 valence electrons. The predicted molar refractivity (Wildman–Crippen MR) is 67.7 cm³/mol. The molecule has 0 bridgehead atoms. The zero-order valence-electron chi connectivity index (χ0n) is 9.71. The van der Waals surface area contributed by atoms with Crippen LogP contribution in [0.5, 0.6) is 0 Å². The van der Waals surface area contributed by atoms with E-state index in [1.165, 1.54) is 12.1 Å². The van der Waals surface area contributed by atoms with Crippen LogP contribution in [0.3, 0.4) is 0 Å². The van der Waals surface area contributed by atoms with E-state index in [1.54, 1.807) is 0 Å². The maximum Gasteiger partial charge on any atom is 0.443 e. The molecule has 3 nitrogen and oxygen atoms in total. The molecular weight excluding hydrogens is 318 g/mol. The van der Waals surface area contributed by atoms with Crippen LogP contribution < -0.4 is 11.3 Å². The van der Waals surface area contributed by atoms with Crippen LogP contribution in [0.2, 0.25) is 5.02 Å². The highest BCUT2D eigenvalue weighted by atomic mass is 35.5. The van der Waals surface area contributed by atoms with Crippen molar-refractivity contribution in [1.82, 2.24) is 10.4 Å². The van der Waals surface area contributed by atoms with Gasteiger partial charge in [0.25, 0.3) is 0 Å². The van der Waals surface area contributed by atoms with Gasteiger partial charge in [0.2, 0.25) is 0 Å². The standard InChI is InChI=1S/C11H8ClF4N3S/c12-6-3-5(1-2-7(6)13)9(19-17)8-4-18-10(20-8)11(14,15)16/h1-4,9,19H,17H2. The first-order valence-electron chi connectivity index (χ1n) is 5.27. The van der Waals surface area contributed by atoms with Crippen molar-refractivity contribution in [2.75, 3.05) is 0 Å². The van der Waals surface area contributed by atoms with Gasteiger partial charge < -0.3 is 0 Å². The van der Waals surface area contributed by atoms with E-state index >= 15 is 0 Å². The first-order chi connectivity index (χ1) is 9.32. The van der Waals surface area contributed by atoms with Crippen LogP contribution in [0.4, 0.5) is 17.6 Å². The molecule has 1 atom stereocenters. The van der Waals surface area contributed by atoms with E-state index < -0.39 is 23.0 Å². The molecule has 1 unspecified atom stereocenters. The molecule has 3 N–H and O–H groups in total. The first-order valence-corrected chi connectivity index (χ1v) is 6.46. The van der Waals surface area contributed by atoms with Crippen LogP contribution in [-0.2, 0) is 6.18 Å². The molecule has 0 spiro atoms. The Bertz CT molecular complexity index is 614. The topological polar surface area (TPSA) is 50.9 Å². The average molecular weight is 326 g/mol. The van der Waals surface area contributed by atoms with Gasteiger partial charge in [-0.05, 0) is 17.7 Å². The molecule has 0 aliphatic rings. The maximum absolute atomic E-state index is 13.1. The van der Waals surface area contributed by atoms with Gasteiger partial charge in [0.1, 0.15) is 5.82 Å². The van der Waals surface area contributed by atoms with Crippen LogP contribution in [0.15, 0.2) is 24.4 Å². The third kappa shape index (κ3) is 3.09. The van der Waals surface area contributed by atoms with Gasteiger partial charge in [-0.15, -0.1) is 11.3 Å². The van der Waals surface area contributed by atoms with E-state index in [9.17, 15) is 17.6 Å². The van der Waals surface area contributed by atoms with Crippen LogP contribution in [0.25, 0.3) is 0 Å². The van der Waals surface area contributed by atoms with E-state index in [-0.39, 0.29) is 9.90 Å². The molecule has 0 saturated carbocycles. The first kappa shape index (κ1) is 15.2. The number of alkyl halides is 3. The number of nitrogens with zero attached hydrogens (tertiary/aromatic N) is 1. The second-order valence-corrected chi connectivity index (χ2v) is 5.31. The minimum absolute atomic E-state index is 0.136. The van der Waals surface area contributed by atoms with E-state index in [0.717, 1.165) is 12.3 Å². The summed E-state index contributed by atoms with van der Waals surface area (Å²) in [5.74, 6) is 4.74. The second-order valence-electron chi connectivity index (χ2n) is 3.84. The lowest BCUT2D eigenvalue weighted by Crippen LogP contribution is -2.28. The highest BCUT2D eigenvalue weighted by molar-refractivity contribution is 7.11.